The number of Topliss-reactive ketones (excluding diaryl/α,β-unsaturated/α-hetero) is 1. The lowest BCUT2D eigenvalue weighted by molar-refractivity contribution is -0.137. The normalized spacial score (nSPS) is 11.6. The van der Waals surface area contributed by atoms with E-state index in [2.05, 4.69) is 0 Å². The number of ether oxygens (including phenoxy) is 1. The number of hydrogen-bond acceptors (Lipinski definition) is 3. The SMILES string of the molecule is O=C(O)CCCC[C@H](C(=O)c1cccc(OCc2ccccc2)c1)c1ccccc1. The average Bonchev–Trinajstić information content (AvgIpc) is 2.78. The molecule has 1 atom stereocenters. The van der Waals surface area contributed by atoms with Gasteiger partial charge in [-0.2, -0.15) is 0 Å². The summed E-state index contributed by atoms with van der Waals surface area (Å²) < 4.78 is 5.88. The average molecular weight is 402 g/mol. The van der Waals surface area contributed by atoms with E-state index in [0.29, 0.717) is 37.2 Å². The number of carbonyl (C=O) groups excluding carboxylic acids is 1. The fraction of sp³-hybridized carbons (Fsp3) is 0.231. The maximum absolute atomic E-state index is 13.3. The Morgan fingerprint density at radius 3 is 2.23 bits per heavy atom. The van der Waals surface area contributed by atoms with Crippen LogP contribution in [0, 0.1) is 0 Å². The van der Waals surface area contributed by atoms with Crippen LogP contribution >= 0.6 is 0 Å². The maximum atomic E-state index is 13.3. The number of carboxylic acids is 1. The fourth-order valence-electron chi connectivity index (χ4n) is 3.44. The Hall–Kier alpha value is -3.40. The van der Waals surface area contributed by atoms with E-state index in [-0.39, 0.29) is 18.1 Å². The molecule has 0 aliphatic carbocycles. The maximum Gasteiger partial charge on any atom is 0.303 e. The topological polar surface area (TPSA) is 63.6 Å². The number of ketones is 1. The van der Waals surface area contributed by atoms with Crippen molar-refractivity contribution in [1.82, 2.24) is 0 Å². The van der Waals surface area contributed by atoms with E-state index < -0.39 is 5.97 Å². The summed E-state index contributed by atoms with van der Waals surface area (Å²) in [6, 6.07) is 26.9. The third-order valence-corrected chi connectivity index (χ3v) is 5.02. The molecule has 0 aliphatic heterocycles. The van der Waals surface area contributed by atoms with Gasteiger partial charge in [0.1, 0.15) is 12.4 Å². The van der Waals surface area contributed by atoms with Gasteiger partial charge in [0, 0.05) is 17.9 Å². The Morgan fingerprint density at radius 1 is 0.833 bits per heavy atom. The van der Waals surface area contributed by atoms with Crippen molar-refractivity contribution in [3.63, 3.8) is 0 Å². The van der Waals surface area contributed by atoms with Crippen molar-refractivity contribution in [2.24, 2.45) is 0 Å². The van der Waals surface area contributed by atoms with Crippen molar-refractivity contribution >= 4 is 11.8 Å². The second-order valence-corrected chi connectivity index (χ2v) is 7.27. The van der Waals surface area contributed by atoms with Crippen molar-refractivity contribution in [2.75, 3.05) is 0 Å². The summed E-state index contributed by atoms with van der Waals surface area (Å²) in [7, 11) is 0. The molecule has 3 aromatic rings. The molecule has 0 unspecified atom stereocenters. The quantitative estimate of drug-likeness (QED) is 0.321. The molecular weight excluding hydrogens is 376 g/mol. The highest BCUT2D eigenvalue weighted by Gasteiger charge is 2.22. The predicted molar refractivity (Wildman–Crippen MR) is 117 cm³/mol. The number of rotatable bonds is 11. The Kier molecular flexibility index (Phi) is 7.78. The molecule has 4 nitrogen and oxygen atoms in total. The van der Waals surface area contributed by atoms with E-state index in [1.54, 1.807) is 6.07 Å². The van der Waals surface area contributed by atoms with Crippen molar-refractivity contribution in [3.8, 4) is 5.75 Å². The minimum absolute atomic E-state index is 0.0293. The van der Waals surface area contributed by atoms with Gasteiger partial charge in [-0.3, -0.25) is 9.59 Å². The van der Waals surface area contributed by atoms with Gasteiger partial charge in [-0.1, -0.05) is 79.2 Å². The van der Waals surface area contributed by atoms with Gasteiger partial charge >= 0.3 is 5.97 Å². The first-order valence-electron chi connectivity index (χ1n) is 10.2. The third-order valence-electron chi connectivity index (χ3n) is 5.02. The molecular formula is C26H26O4. The molecule has 3 rings (SSSR count). The number of aliphatic carboxylic acids is 1. The van der Waals surface area contributed by atoms with Crippen LogP contribution in [0.25, 0.3) is 0 Å². The van der Waals surface area contributed by atoms with Crippen molar-refractivity contribution in [1.29, 1.82) is 0 Å². The summed E-state index contributed by atoms with van der Waals surface area (Å²) in [4.78, 5) is 24.1. The number of unbranched alkanes of at least 4 members (excludes halogenated alkanes) is 1. The standard InChI is InChI=1S/C26H26O4/c27-25(28)17-8-7-16-24(21-12-5-2-6-13-21)26(29)22-14-9-15-23(18-22)30-19-20-10-3-1-4-11-20/h1-6,9-15,18,24H,7-8,16-17,19H2,(H,27,28)/t24-/m0/s1. The minimum atomic E-state index is -0.805. The van der Waals surface area contributed by atoms with E-state index >= 15 is 0 Å². The molecule has 4 heteroatoms. The first-order chi connectivity index (χ1) is 14.6. The Bertz CT molecular complexity index is 951. The summed E-state index contributed by atoms with van der Waals surface area (Å²) >= 11 is 0. The molecule has 1 N–H and O–H groups in total. The van der Waals surface area contributed by atoms with E-state index in [1.165, 1.54) is 0 Å². The van der Waals surface area contributed by atoms with Crippen LogP contribution in [0.5, 0.6) is 5.75 Å². The number of carbonyl (C=O) groups is 2. The number of carboxylic acid groups (broad SMARTS) is 1. The molecule has 0 heterocycles. The third kappa shape index (κ3) is 6.31. The van der Waals surface area contributed by atoms with Crippen LogP contribution in [0.3, 0.4) is 0 Å². The van der Waals surface area contributed by atoms with Crippen LogP contribution in [0.4, 0.5) is 0 Å². The lowest BCUT2D eigenvalue weighted by atomic mass is 9.86. The summed E-state index contributed by atoms with van der Waals surface area (Å²) in [5.74, 6) is -0.422. The van der Waals surface area contributed by atoms with Gasteiger partial charge in [0.15, 0.2) is 5.78 Å². The predicted octanol–water partition coefficient (Wildman–Crippen LogP) is 5.88. The van der Waals surface area contributed by atoms with Gasteiger partial charge in [0.05, 0.1) is 0 Å². The van der Waals surface area contributed by atoms with Crippen molar-refractivity contribution in [3.05, 3.63) is 102 Å². The molecule has 3 aromatic carbocycles. The molecule has 0 aliphatic rings. The fourth-order valence-corrected chi connectivity index (χ4v) is 3.44. The lowest BCUT2D eigenvalue weighted by Crippen LogP contribution is -2.13. The second kappa shape index (κ2) is 11.0. The van der Waals surface area contributed by atoms with Crippen LogP contribution in [-0.2, 0) is 11.4 Å². The summed E-state index contributed by atoms with van der Waals surface area (Å²) in [6.45, 7) is 0.440. The molecule has 0 aromatic heterocycles. The molecule has 0 amide bonds. The number of hydrogen-bond donors (Lipinski definition) is 1. The van der Waals surface area contributed by atoms with Gasteiger partial charge in [0.25, 0.3) is 0 Å². The first kappa shape index (κ1) is 21.3. The van der Waals surface area contributed by atoms with Gasteiger partial charge in [-0.25, -0.2) is 0 Å². The van der Waals surface area contributed by atoms with E-state index in [1.807, 2.05) is 78.9 Å². The van der Waals surface area contributed by atoms with Gasteiger partial charge in [0.2, 0.25) is 0 Å². The molecule has 0 saturated carbocycles. The van der Waals surface area contributed by atoms with Crippen molar-refractivity contribution < 1.29 is 19.4 Å². The van der Waals surface area contributed by atoms with Gasteiger partial charge in [-0.15, -0.1) is 0 Å². The van der Waals surface area contributed by atoms with Gasteiger partial charge < -0.3 is 9.84 Å². The first-order valence-corrected chi connectivity index (χ1v) is 10.2. The van der Waals surface area contributed by atoms with E-state index in [9.17, 15) is 9.59 Å². The molecule has 30 heavy (non-hydrogen) atoms. The van der Waals surface area contributed by atoms with Crippen LogP contribution in [-0.4, -0.2) is 16.9 Å². The smallest absolute Gasteiger partial charge is 0.303 e. The molecule has 0 saturated heterocycles. The highest BCUT2D eigenvalue weighted by molar-refractivity contribution is 6.01. The van der Waals surface area contributed by atoms with E-state index in [0.717, 1.165) is 11.1 Å². The Labute approximate surface area is 177 Å². The van der Waals surface area contributed by atoms with Crippen LogP contribution in [0.15, 0.2) is 84.9 Å². The zero-order valence-corrected chi connectivity index (χ0v) is 16.9. The van der Waals surface area contributed by atoms with Crippen molar-refractivity contribution in [2.45, 2.75) is 38.2 Å². The van der Waals surface area contributed by atoms with Crippen LogP contribution in [0.2, 0.25) is 0 Å². The van der Waals surface area contributed by atoms with Crippen LogP contribution < -0.4 is 4.74 Å². The Morgan fingerprint density at radius 2 is 1.53 bits per heavy atom. The summed E-state index contributed by atoms with van der Waals surface area (Å²) in [6.07, 6.45) is 1.98. The zero-order valence-electron chi connectivity index (χ0n) is 16.9. The second-order valence-electron chi connectivity index (χ2n) is 7.27. The lowest BCUT2D eigenvalue weighted by Gasteiger charge is -2.17. The van der Waals surface area contributed by atoms with Crippen LogP contribution in [0.1, 0.15) is 53.1 Å². The monoisotopic (exact) mass is 402 g/mol. The van der Waals surface area contributed by atoms with Gasteiger partial charge in [-0.05, 0) is 36.1 Å². The van der Waals surface area contributed by atoms with E-state index in [4.69, 9.17) is 9.84 Å². The Balaban J connectivity index is 1.72. The summed E-state index contributed by atoms with van der Waals surface area (Å²) in [5, 5.41) is 8.87. The molecule has 154 valence electrons. The highest BCUT2D eigenvalue weighted by Crippen LogP contribution is 2.28. The minimum Gasteiger partial charge on any atom is -0.489 e. The summed E-state index contributed by atoms with van der Waals surface area (Å²) in [5.41, 5.74) is 2.62. The highest BCUT2D eigenvalue weighted by atomic mass is 16.5. The number of benzene rings is 3. The molecule has 0 fully saturated rings. The molecule has 0 spiro atoms. The zero-order chi connectivity index (χ0) is 21.2. The molecule has 0 bridgehead atoms. The molecule has 0 radical (unpaired) electrons. The largest absolute Gasteiger partial charge is 0.489 e.